The van der Waals surface area contributed by atoms with Crippen molar-refractivity contribution in [3.63, 3.8) is 0 Å². The van der Waals surface area contributed by atoms with Gasteiger partial charge in [0.1, 0.15) is 24.4 Å². The predicted octanol–water partition coefficient (Wildman–Crippen LogP) is 3.00. The summed E-state index contributed by atoms with van der Waals surface area (Å²) in [6.45, 7) is 3.10. The highest BCUT2D eigenvalue weighted by atomic mass is 32.2. The number of carbonyl (C=O) groups excluding carboxylic acids is 4. The van der Waals surface area contributed by atoms with Gasteiger partial charge in [0.05, 0.1) is 6.61 Å². The molecule has 0 heterocycles. The lowest BCUT2D eigenvalue weighted by Crippen LogP contribution is -2.54. The number of rotatable bonds is 15. The van der Waals surface area contributed by atoms with Crippen LogP contribution in [0.5, 0.6) is 0 Å². The molecule has 0 saturated carbocycles. The molecule has 15 heteroatoms. The molecule has 3 aromatic carbocycles. The zero-order chi connectivity index (χ0) is 35.7. The first-order valence-corrected chi connectivity index (χ1v) is 17.3. The lowest BCUT2D eigenvalue weighted by Gasteiger charge is -2.25. The number of nitrogens with two attached hydrogens (primary N) is 1. The van der Waals surface area contributed by atoms with E-state index in [1.807, 2.05) is 48.5 Å². The zero-order valence-corrected chi connectivity index (χ0v) is 28.0. The van der Waals surface area contributed by atoms with Crippen LogP contribution in [0.3, 0.4) is 0 Å². The Morgan fingerprint density at radius 3 is 2.10 bits per heavy atom. The van der Waals surface area contributed by atoms with Gasteiger partial charge in [-0.3, -0.25) is 14.1 Å². The molecular weight excluding hydrogens is 654 g/mol. The minimum Gasteiger partial charge on any atom is -0.449 e. The zero-order valence-electron chi connectivity index (χ0n) is 27.1. The van der Waals surface area contributed by atoms with Crippen LogP contribution in [0, 0.1) is 5.92 Å². The van der Waals surface area contributed by atoms with Crippen LogP contribution < -0.4 is 27.0 Å². The Kier molecular flexibility index (Phi) is 12.3. The first-order valence-electron chi connectivity index (χ1n) is 15.7. The van der Waals surface area contributed by atoms with E-state index in [9.17, 15) is 37.3 Å². The molecule has 0 radical (unpaired) electrons. The van der Waals surface area contributed by atoms with Crippen LogP contribution in [0.4, 0.5) is 15.3 Å². The number of amides is 5. The highest BCUT2D eigenvalue weighted by Gasteiger charge is 2.32. The number of aliphatic hydroxyl groups is 1. The van der Waals surface area contributed by atoms with E-state index in [1.165, 1.54) is 18.2 Å². The number of urea groups is 1. The van der Waals surface area contributed by atoms with Gasteiger partial charge in [0.15, 0.2) is 0 Å². The molecule has 14 nitrogen and oxygen atoms in total. The van der Waals surface area contributed by atoms with Crippen LogP contribution in [0.2, 0.25) is 0 Å². The molecule has 0 aromatic heterocycles. The number of anilines is 1. The van der Waals surface area contributed by atoms with E-state index >= 15 is 0 Å². The normalized spacial score (nSPS) is 13.5. The molecule has 0 bridgehead atoms. The third-order valence-electron chi connectivity index (χ3n) is 8.15. The summed E-state index contributed by atoms with van der Waals surface area (Å²) in [6.07, 6.45) is -0.511. The molecule has 8 N–H and O–H groups in total. The SMILES string of the molecule is CC(C)[C@H](NC(=O)OCC1c2ccccc2-c2ccccc21)C(=O)N[C@@H](CCCNC(N)=O)C(=O)Nc1ccc(CO)c(CS(=O)(=O)O)c1. The molecule has 0 unspecified atom stereocenters. The molecule has 4 rings (SSSR count). The summed E-state index contributed by atoms with van der Waals surface area (Å²) < 4.78 is 37.9. The summed E-state index contributed by atoms with van der Waals surface area (Å²) >= 11 is 0. The van der Waals surface area contributed by atoms with Crippen LogP contribution in [-0.2, 0) is 36.8 Å². The second-order valence-corrected chi connectivity index (χ2v) is 13.5. The molecule has 2 atom stereocenters. The van der Waals surface area contributed by atoms with Crippen molar-refractivity contribution in [1.29, 1.82) is 0 Å². The number of ether oxygens (including phenoxy) is 1. The van der Waals surface area contributed by atoms with Gasteiger partial charge in [-0.05, 0) is 64.3 Å². The van der Waals surface area contributed by atoms with Crippen LogP contribution >= 0.6 is 0 Å². The second-order valence-electron chi connectivity index (χ2n) is 12.0. The third-order valence-corrected chi connectivity index (χ3v) is 8.83. The summed E-state index contributed by atoms with van der Waals surface area (Å²) in [6, 6.07) is 16.9. The van der Waals surface area contributed by atoms with Crippen molar-refractivity contribution < 1.29 is 42.0 Å². The summed E-state index contributed by atoms with van der Waals surface area (Å²) in [7, 11) is -4.44. The van der Waals surface area contributed by atoms with Crippen molar-refractivity contribution in [2.24, 2.45) is 11.7 Å². The fourth-order valence-electron chi connectivity index (χ4n) is 5.77. The number of primary amides is 1. The third kappa shape index (κ3) is 10.0. The number of benzene rings is 3. The van der Waals surface area contributed by atoms with E-state index in [0.717, 1.165) is 22.3 Å². The van der Waals surface area contributed by atoms with E-state index in [2.05, 4.69) is 21.3 Å². The number of carbonyl (C=O) groups is 4. The van der Waals surface area contributed by atoms with Gasteiger partial charge < -0.3 is 36.8 Å². The molecule has 262 valence electrons. The number of aliphatic hydroxyl groups excluding tert-OH is 1. The van der Waals surface area contributed by atoms with Crippen molar-refractivity contribution >= 4 is 39.7 Å². The lowest BCUT2D eigenvalue weighted by molar-refractivity contribution is -0.128. The van der Waals surface area contributed by atoms with Crippen molar-refractivity contribution in [2.45, 2.75) is 57.1 Å². The topological polar surface area (TPSA) is 226 Å². The van der Waals surface area contributed by atoms with E-state index in [-0.39, 0.29) is 48.7 Å². The van der Waals surface area contributed by atoms with Gasteiger partial charge >= 0.3 is 12.1 Å². The van der Waals surface area contributed by atoms with Gasteiger partial charge in [0.25, 0.3) is 10.1 Å². The molecule has 0 saturated heterocycles. The van der Waals surface area contributed by atoms with Crippen LogP contribution in [0.15, 0.2) is 66.7 Å². The first kappa shape index (κ1) is 36.8. The summed E-state index contributed by atoms with van der Waals surface area (Å²) in [5, 5.41) is 19.9. The van der Waals surface area contributed by atoms with Gasteiger partial charge in [0.2, 0.25) is 11.8 Å². The maximum absolute atomic E-state index is 13.5. The minimum atomic E-state index is -4.44. The summed E-state index contributed by atoms with van der Waals surface area (Å²) in [5.41, 5.74) is 9.79. The van der Waals surface area contributed by atoms with Crippen molar-refractivity contribution in [3.8, 4) is 11.1 Å². The fourth-order valence-corrected chi connectivity index (χ4v) is 6.43. The highest BCUT2D eigenvalue weighted by molar-refractivity contribution is 7.85. The number of alkyl carbamates (subject to hydrolysis) is 1. The average Bonchev–Trinajstić information content (AvgIpc) is 3.36. The quantitative estimate of drug-likeness (QED) is 0.0915. The van der Waals surface area contributed by atoms with Gasteiger partial charge in [-0.15, -0.1) is 0 Å². The Bertz CT molecular complexity index is 1750. The molecule has 0 aliphatic heterocycles. The maximum atomic E-state index is 13.5. The van der Waals surface area contributed by atoms with Crippen molar-refractivity contribution in [3.05, 3.63) is 89.0 Å². The molecular formula is C34H41N5O9S. The first-order chi connectivity index (χ1) is 23.3. The lowest BCUT2D eigenvalue weighted by atomic mass is 9.98. The monoisotopic (exact) mass is 695 g/mol. The van der Waals surface area contributed by atoms with Gasteiger partial charge in [-0.2, -0.15) is 8.42 Å². The van der Waals surface area contributed by atoms with Gasteiger partial charge in [-0.1, -0.05) is 68.4 Å². The predicted molar refractivity (Wildman–Crippen MR) is 182 cm³/mol. The number of hydrogen-bond donors (Lipinski definition) is 7. The molecule has 1 aliphatic rings. The number of fused-ring (bicyclic) bond motifs is 3. The maximum Gasteiger partial charge on any atom is 0.407 e. The molecule has 5 amide bonds. The minimum absolute atomic E-state index is 0.0405. The molecule has 3 aromatic rings. The largest absolute Gasteiger partial charge is 0.449 e. The number of hydrogen-bond acceptors (Lipinski definition) is 8. The summed E-state index contributed by atoms with van der Waals surface area (Å²) in [5.74, 6) is -2.71. The van der Waals surface area contributed by atoms with Gasteiger partial charge in [0, 0.05) is 18.2 Å². The summed E-state index contributed by atoms with van der Waals surface area (Å²) in [4.78, 5) is 51.1. The number of nitrogens with one attached hydrogen (secondary N) is 4. The van der Waals surface area contributed by atoms with E-state index in [0.29, 0.717) is 0 Å². The van der Waals surface area contributed by atoms with Crippen molar-refractivity contribution in [1.82, 2.24) is 16.0 Å². The Morgan fingerprint density at radius 2 is 1.53 bits per heavy atom. The standard InChI is InChI=1S/C34H41N5O9S/c1-20(2)30(39-34(44)48-18-28-26-10-5-3-8-24(26)25-9-4-6-11-27(25)28)32(42)38-29(12-7-15-36-33(35)43)31(41)37-23-14-13-21(17-40)22(16-23)19-49(45,46)47/h3-6,8-11,13-14,16,20,28-30,40H,7,12,15,17-19H2,1-2H3,(H,37,41)(H,38,42)(H,39,44)(H3,35,36,43)(H,45,46,47)/t29-,30-/m0/s1. The molecule has 49 heavy (non-hydrogen) atoms. The van der Waals surface area contributed by atoms with E-state index in [1.54, 1.807) is 13.8 Å². The average molecular weight is 696 g/mol. The molecule has 0 spiro atoms. The van der Waals surface area contributed by atoms with Crippen LogP contribution in [-0.4, -0.2) is 67.3 Å². The Labute approximate surface area is 284 Å². The van der Waals surface area contributed by atoms with E-state index in [4.69, 9.17) is 10.5 Å². The van der Waals surface area contributed by atoms with Crippen LogP contribution in [0.1, 0.15) is 54.9 Å². The molecule has 0 fully saturated rings. The Morgan fingerprint density at radius 1 is 0.898 bits per heavy atom. The smallest absolute Gasteiger partial charge is 0.407 e. The van der Waals surface area contributed by atoms with Crippen LogP contribution in [0.25, 0.3) is 11.1 Å². The second kappa shape index (κ2) is 16.4. The Balaban J connectivity index is 1.44. The van der Waals surface area contributed by atoms with E-state index < -0.39 is 64.4 Å². The molecule has 1 aliphatic carbocycles. The fraction of sp³-hybridized carbons (Fsp3) is 0.353. The highest BCUT2D eigenvalue weighted by Crippen LogP contribution is 2.44. The van der Waals surface area contributed by atoms with Crippen molar-refractivity contribution in [2.75, 3.05) is 18.5 Å². The van der Waals surface area contributed by atoms with Gasteiger partial charge in [-0.25, -0.2) is 9.59 Å². The Hall–Kier alpha value is -4.99.